The van der Waals surface area contributed by atoms with Crippen LogP contribution in [0.4, 0.5) is 0 Å². The molecule has 0 spiro atoms. The highest BCUT2D eigenvalue weighted by Gasteiger charge is 2.19. The first-order valence-electron chi connectivity index (χ1n) is 6.21. The van der Waals surface area contributed by atoms with Crippen LogP contribution in [0, 0.1) is 13.8 Å². The Balaban J connectivity index is 2.29. The molecule has 98 valence electrons. The minimum atomic E-state index is -0.0759. The van der Waals surface area contributed by atoms with E-state index in [0.29, 0.717) is 0 Å². The topological polar surface area (TPSA) is 69.0 Å². The van der Waals surface area contributed by atoms with Crippen LogP contribution in [-0.4, -0.2) is 9.78 Å². The van der Waals surface area contributed by atoms with Crippen LogP contribution in [0.5, 0.6) is 0 Å². The normalized spacial score (nSPS) is 12.9. The monoisotopic (exact) mass is 248 g/mol. The van der Waals surface area contributed by atoms with E-state index in [2.05, 4.69) is 17.4 Å². The van der Waals surface area contributed by atoms with Crippen molar-refractivity contribution in [2.24, 2.45) is 5.84 Å². The molecule has 0 radical (unpaired) electrons. The first-order valence-corrected chi connectivity index (χ1v) is 6.21. The first-order chi connectivity index (χ1) is 8.65. The highest BCUT2D eigenvalue weighted by Crippen LogP contribution is 2.26. The quantitative estimate of drug-likeness (QED) is 0.627. The molecule has 0 saturated heterocycles. The lowest BCUT2D eigenvalue weighted by Gasteiger charge is -2.13. The fraction of sp³-hybridized carbons (Fsp3) is 0.462. The summed E-state index contributed by atoms with van der Waals surface area (Å²) in [5.74, 6) is 7.45. The van der Waals surface area contributed by atoms with Crippen LogP contribution < -0.4 is 11.3 Å². The summed E-state index contributed by atoms with van der Waals surface area (Å²) >= 11 is 0. The smallest absolute Gasteiger partial charge is 0.106 e. The van der Waals surface area contributed by atoms with Gasteiger partial charge in [-0.2, -0.15) is 5.10 Å². The molecule has 2 aromatic heterocycles. The molecule has 0 aliphatic carbocycles. The molecule has 1 unspecified atom stereocenters. The second-order valence-electron chi connectivity index (χ2n) is 4.50. The third kappa shape index (κ3) is 2.47. The van der Waals surface area contributed by atoms with Crippen LogP contribution in [0.25, 0.3) is 0 Å². The number of rotatable bonds is 5. The number of hydrazine groups is 1. The Kier molecular flexibility index (Phi) is 3.84. The van der Waals surface area contributed by atoms with Gasteiger partial charge in [-0.25, -0.2) is 5.43 Å². The van der Waals surface area contributed by atoms with Gasteiger partial charge < -0.3 is 4.42 Å². The SMILES string of the molecule is CCCn1cc(C(NN)c2cc(C)oc2C)cn1. The van der Waals surface area contributed by atoms with Crippen molar-refractivity contribution in [3.8, 4) is 0 Å². The van der Waals surface area contributed by atoms with E-state index in [9.17, 15) is 0 Å². The van der Waals surface area contributed by atoms with Gasteiger partial charge in [0.05, 0.1) is 12.2 Å². The minimum absolute atomic E-state index is 0.0759. The number of hydrogen-bond acceptors (Lipinski definition) is 4. The summed E-state index contributed by atoms with van der Waals surface area (Å²) in [7, 11) is 0. The van der Waals surface area contributed by atoms with Crippen LogP contribution in [0.2, 0.25) is 0 Å². The molecule has 0 saturated carbocycles. The van der Waals surface area contributed by atoms with E-state index in [1.54, 1.807) is 0 Å². The standard InChI is InChI=1S/C13H20N4O/c1-4-5-17-8-11(7-15-17)13(16-14)12-6-9(2)18-10(12)3/h6-8,13,16H,4-5,14H2,1-3H3. The van der Waals surface area contributed by atoms with Crippen LogP contribution in [-0.2, 0) is 6.54 Å². The maximum Gasteiger partial charge on any atom is 0.106 e. The van der Waals surface area contributed by atoms with Crippen molar-refractivity contribution in [2.45, 2.75) is 39.8 Å². The molecule has 5 nitrogen and oxygen atoms in total. The summed E-state index contributed by atoms with van der Waals surface area (Å²) in [6.45, 7) is 6.93. The minimum Gasteiger partial charge on any atom is -0.466 e. The van der Waals surface area contributed by atoms with Crippen molar-refractivity contribution in [1.82, 2.24) is 15.2 Å². The zero-order chi connectivity index (χ0) is 13.1. The van der Waals surface area contributed by atoms with Gasteiger partial charge in [-0.1, -0.05) is 6.92 Å². The zero-order valence-corrected chi connectivity index (χ0v) is 11.1. The fourth-order valence-electron chi connectivity index (χ4n) is 2.18. The highest BCUT2D eigenvalue weighted by atomic mass is 16.3. The Morgan fingerprint density at radius 3 is 2.83 bits per heavy atom. The summed E-state index contributed by atoms with van der Waals surface area (Å²) < 4.78 is 7.48. The lowest BCUT2D eigenvalue weighted by molar-refractivity contribution is 0.495. The van der Waals surface area contributed by atoms with Crippen molar-refractivity contribution in [3.63, 3.8) is 0 Å². The Labute approximate surface area is 107 Å². The van der Waals surface area contributed by atoms with Crippen LogP contribution in [0.3, 0.4) is 0 Å². The van der Waals surface area contributed by atoms with Gasteiger partial charge >= 0.3 is 0 Å². The van der Waals surface area contributed by atoms with E-state index < -0.39 is 0 Å². The van der Waals surface area contributed by atoms with Gasteiger partial charge in [-0.05, 0) is 26.3 Å². The van der Waals surface area contributed by atoms with Gasteiger partial charge in [0.1, 0.15) is 11.5 Å². The van der Waals surface area contributed by atoms with Gasteiger partial charge in [-0.15, -0.1) is 0 Å². The average Bonchev–Trinajstić information content (AvgIpc) is 2.89. The molecule has 2 heterocycles. The molecule has 2 rings (SSSR count). The van der Waals surface area contributed by atoms with E-state index in [1.807, 2.05) is 37.0 Å². The predicted molar refractivity (Wildman–Crippen MR) is 69.9 cm³/mol. The van der Waals surface area contributed by atoms with Crippen molar-refractivity contribution in [2.75, 3.05) is 0 Å². The fourth-order valence-corrected chi connectivity index (χ4v) is 2.18. The number of aryl methyl sites for hydroxylation is 3. The molecule has 0 aromatic carbocycles. The maximum atomic E-state index is 5.67. The maximum absolute atomic E-state index is 5.67. The number of aromatic nitrogens is 2. The van der Waals surface area contributed by atoms with Crippen molar-refractivity contribution in [3.05, 3.63) is 41.1 Å². The van der Waals surface area contributed by atoms with E-state index in [0.717, 1.165) is 35.6 Å². The van der Waals surface area contributed by atoms with Gasteiger partial charge in [0.25, 0.3) is 0 Å². The van der Waals surface area contributed by atoms with Crippen molar-refractivity contribution >= 4 is 0 Å². The molecule has 0 aliphatic heterocycles. The highest BCUT2D eigenvalue weighted by molar-refractivity contribution is 5.32. The molecule has 0 fully saturated rings. The van der Waals surface area contributed by atoms with E-state index >= 15 is 0 Å². The van der Waals surface area contributed by atoms with Crippen LogP contribution in [0.1, 0.15) is 42.0 Å². The summed E-state index contributed by atoms with van der Waals surface area (Å²) in [4.78, 5) is 0. The summed E-state index contributed by atoms with van der Waals surface area (Å²) in [6, 6.07) is 1.94. The van der Waals surface area contributed by atoms with Gasteiger partial charge in [0.15, 0.2) is 0 Å². The number of nitrogens with zero attached hydrogens (tertiary/aromatic N) is 2. The second-order valence-corrected chi connectivity index (χ2v) is 4.50. The lowest BCUT2D eigenvalue weighted by atomic mass is 10.0. The van der Waals surface area contributed by atoms with Crippen molar-refractivity contribution in [1.29, 1.82) is 0 Å². The largest absolute Gasteiger partial charge is 0.466 e. The van der Waals surface area contributed by atoms with Crippen molar-refractivity contribution < 1.29 is 4.42 Å². The Hall–Kier alpha value is -1.59. The average molecular weight is 248 g/mol. The molecule has 18 heavy (non-hydrogen) atoms. The number of nitrogens with one attached hydrogen (secondary N) is 1. The first kappa shape index (κ1) is 12.9. The van der Waals surface area contributed by atoms with Gasteiger partial charge in [0.2, 0.25) is 0 Å². The molecule has 0 amide bonds. The second kappa shape index (κ2) is 5.37. The zero-order valence-electron chi connectivity index (χ0n) is 11.1. The Morgan fingerprint density at radius 1 is 1.50 bits per heavy atom. The third-order valence-corrected chi connectivity index (χ3v) is 3.00. The molecular weight excluding hydrogens is 228 g/mol. The van der Waals surface area contributed by atoms with Gasteiger partial charge in [-0.3, -0.25) is 10.5 Å². The Bertz CT molecular complexity index is 515. The molecule has 0 bridgehead atoms. The predicted octanol–water partition coefficient (Wildman–Crippen LogP) is 2.06. The van der Waals surface area contributed by atoms with Crippen LogP contribution >= 0.6 is 0 Å². The number of furan rings is 1. The summed E-state index contributed by atoms with van der Waals surface area (Å²) in [5, 5.41) is 4.33. The third-order valence-electron chi connectivity index (χ3n) is 3.00. The van der Waals surface area contributed by atoms with Crippen LogP contribution in [0.15, 0.2) is 22.9 Å². The Morgan fingerprint density at radius 2 is 2.28 bits per heavy atom. The lowest BCUT2D eigenvalue weighted by Crippen LogP contribution is -2.28. The van der Waals surface area contributed by atoms with E-state index in [4.69, 9.17) is 10.3 Å². The number of nitrogens with two attached hydrogens (primary N) is 1. The molecule has 0 aliphatic rings. The molecular formula is C13H20N4O. The summed E-state index contributed by atoms with van der Waals surface area (Å²) in [6.07, 6.45) is 4.93. The molecule has 2 aromatic rings. The number of hydrogen-bond donors (Lipinski definition) is 2. The van der Waals surface area contributed by atoms with E-state index in [-0.39, 0.29) is 6.04 Å². The molecule has 5 heteroatoms. The van der Waals surface area contributed by atoms with Gasteiger partial charge in [0, 0.05) is 23.9 Å². The molecule has 1 atom stereocenters. The summed E-state index contributed by atoms with van der Waals surface area (Å²) in [5.41, 5.74) is 4.94. The molecule has 3 N–H and O–H groups in total. The van der Waals surface area contributed by atoms with E-state index in [1.165, 1.54) is 0 Å².